The van der Waals surface area contributed by atoms with E-state index in [0.29, 0.717) is 10.0 Å². The highest BCUT2D eigenvalue weighted by Gasteiger charge is 2.21. The normalized spacial score (nSPS) is 18.4. The molecule has 2 aliphatic rings. The lowest BCUT2D eigenvalue weighted by molar-refractivity contribution is -0.125. The van der Waals surface area contributed by atoms with Gasteiger partial charge in [0.2, 0.25) is 0 Å². The number of carbonyl (C=O) groups is 1. The zero-order valence-corrected chi connectivity index (χ0v) is 17.9. The summed E-state index contributed by atoms with van der Waals surface area (Å²) in [5, 5.41) is 4.31. The van der Waals surface area contributed by atoms with Crippen molar-refractivity contribution in [2.45, 2.75) is 45.1 Å². The second-order valence-corrected chi connectivity index (χ2v) is 8.43. The number of rotatable bonds is 7. The molecule has 1 aliphatic carbocycles. The second kappa shape index (κ2) is 10.3. The van der Waals surface area contributed by atoms with Crippen molar-refractivity contribution in [3.63, 3.8) is 0 Å². The van der Waals surface area contributed by atoms with Crippen molar-refractivity contribution in [1.82, 2.24) is 10.2 Å². The number of likely N-dealkylation sites (tertiary alicyclic amines) is 1. The topological polar surface area (TPSA) is 41.6 Å². The molecule has 1 N–H and O–H groups in total. The summed E-state index contributed by atoms with van der Waals surface area (Å²) in [6, 6.07) is 6.06. The highest BCUT2D eigenvalue weighted by molar-refractivity contribution is 6.42. The number of piperidine rings is 1. The van der Waals surface area contributed by atoms with Crippen molar-refractivity contribution in [3.8, 4) is 0 Å². The number of benzene rings is 1. The van der Waals surface area contributed by atoms with Gasteiger partial charge in [0.15, 0.2) is 6.61 Å². The monoisotopic (exact) mass is 422 g/mol. The summed E-state index contributed by atoms with van der Waals surface area (Å²) in [5.41, 5.74) is 2.55. The van der Waals surface area contributed by atoms with Crippen molar-refractivity contribution in [1.29, 1.82) is 0 Å². The van der Waals surface area contributed by atoms with E-state index in [0.717, 1.165) is 57.5 Å². The summed E-state index contributed by atoms with van der Waals surface area (Å²) in [5.74, 6) is 0.874. The number of amides is 1. The molecule has 0 spiro atoms. The molecule has 0 aromatic heterocycles. The van der Waals surface area contributed by atoms with E-state index in [1.165, 1.54) is 11.1 Å². The third-order valence-corrected chi connectivity index (χ3v) is 6.10. The van der Waals surface area contributed by atoms with E-state index in [1.54, 1.807) is 0 Å². The van der Waals surface area contributed by atoms with Crippen LogP contribution < -0.4 is 5.32 Å². The molecule has 1 fully saturated rings. The van der Waals surface area contributed by atoms with Crippen molar-refractivity contribution >= 4 is 29.1 Å². The Morgan fingerprint density at radius 1 is 1.18 bits per heavy atom. The molecule has 0 radical (unpaired) electrons. The first-order valence-electron chi connectivity index (χ1n) is 9.94. The van der Waals surface area contributed by atoms with Gasteiger partial charge in [-0.15, -0.1) is 0 Å². The Balaban J connectivity index is 1.33. The second-order valence-electron chi connectivity index (χ2n) is 7.62. The van der Waals surface area contributed by atoms with Crippen LogP contribution in [0.25, 0.3) is 0 Å². The molecule has 0 saturated carbocycles. The molecule has 1 heterocycles. The van der Waals surface area contributed by atoms with Crippen LogP contribution in [-0.2, 0) is 16.0 Å². The highest BCUT2D eigenvalue weighted by atomic mass is 35.5. The maximum absolute atomic E-state index is 12.2. The number of allylic oxidation sites excluding steroid dienone is 4. The van der Waals surface area contributed by atoms with Crippen LogP contribution in [0.15, 0.2) is 41.7 Å². The van der Waals surface area contributed by atoms with Crippen LogP contribution in [0.5, 0.6) is 0 Å². The summed E-state index contributed by atoms with van der Waals surface area (Å²) in [6.07, 6.45) is 8.81. The van der Waals surface area contributed by atoms with Crippen molar-refractivity contribution in [2.75, 3.05) is 26.2 Å². The number of hydrogen-bond donors (Lipinski definition) is 1. The lowest BCUT2D eigenvalue weighted by atomic mass is 10.0. The molecule has 0 bridgehead atoms. The molecule has 28 heavy (non-hydrogen) atoms. The first-order chi connectivity index (χ1) is 13.5. The summed E-state index contributed by atoms with van der Waals surface area (Å²) < 4.78 is 5.64. The van der Waals surface area contributed by atoms with Gasteiger partial charge < -0.3 is 15.0 Å². The lowest BCUT2D eigenvalue weighted by Gasteiger charge is -2.32. The minimum Gasteiger partial charge on any atom is -0.488 e. The van der Waals surface area contributed by atoms with E-state index in [-0.39, 0.29) is 18.6 Å². The molecular formula is C22H28Cl2N2O2. The average molecular weight is 423 g/mol. The van der Waals surface area contributed by atoms with Gasteiger partial charge in [-0.05, 0) is 56.4 Å². The molecule has 0 atom stereocenters. The van der Waals surface area contributed by atoms with E-state index < -0.39 is 0 Å². The summed E-state index contributed by atoms with van der Waals surface area (Å²) >= 11 is 12.1. The highest BCUT2D eigenvalue weighted by Crippen LogP contribution is 2.23. The first kappa shape index (κ1) is 21.2. The standard InChI is InChI=1S/C22H28Cl2N2O2/c1-16-2-5-19(6-3-16)28-15-22(27)25-18-9-12-26(13-10-18)11-8-17-4-7-20(23)21(24)14-17/h2,4-5,7,14,18H,3,6,8-13,15H2,1H3,(H,25,27). The van der Waals surface area contributed by atoms with E-state index in [2.05, 4.69) is 23.2 Å². The van der Waals surface area contributed by atoms with Crippen molar-refractivity contribution in [2.24, 2.45) is 0 Å². The predicted molar refractivity (Wildman–Crippen MR) is 115 cm³/mol. The van der Waals surface area contributed by atoms with Gasteiger partial charge in [-0.25, -0.2) is 0 Å². The molecule has 6 heteroatoms. The van der Waals surface area contributed by atoms with Crippen LogP contribution in [0.2, 0.25) is 10.0 Å². The van der Waals surface area contributed by atoms with Crippen molar-refractivity contribution in [3.05, 3.63) is 57.3 Å². The van der Waals surface area contributed by atoms with Gasteiger partial charge in [-0.3, -0.25) is 4.79 Å². The Kier molecular flexibility index (Phi) is 7.83. The Bertz CT molecular complexity index is 753. The number of ether oxygens (including phenoxy) is 1. The summed E-state index contributed by atoms with van der Waals surface area (Å²) in [7, 11) is 0. The third-order valence-electron chi connectivity index (χ3n) is 5.36. The number of hydrogen-bond acceptors (Lipinski definition) is 3. The number of nitrogens with zero attached hydrogens (tertiary/aromatic N) is 1. The van der Waals surface area contributed by atoms with Gasteiger partial charge in [-0.2, -0.15) is 0 Å². The van der Waals surface area contributed by atoms with Crippen LogP contribution in [0.1, 0.15) is 38.2 Å². The average Bonchev–Trinajstić information content (AvgIpc) is 2.69. The van der Waals surface area contributed by atoms with Crippen LogP contribution >= 0.6 is 23.2 Å². The molecule has 1 aliphatic heterocycles. The van der Waals surface area contributed by atoms with Gasteiger partial charge in [-0.1, -0.05) is 40.9 Å². The van der Waals surface area contributed by atoms with E-state index in [4.69, 9.17) is 27.9 Å². The zero-order valence-electron chi connectivity index (χ0n) is 16.3. The van der Waals surface area contributed by atoms with Gasteiger partial charge >= 0.3 is 0 Å². The predicted octanol–water partition coefficient (Wildman–Crippen LogP) is 4.76. The molecule has 0 unspecified atom stereocenters. The van der Waals surface area contributed by atoms with Crippen LogP contribution in [-0.4, -0.2) is 43.1 Å². The van der Waals surface area contributed by atoms with E-state index in [9.17, 15) is 4.79 Å². The number of carbonyl (C=O) groups excluding carboxylic acids is 1. The lowest BCUT2D eigenvalue weighted by Crippen LogP contribution is -2.46. The molecule has 1 saturated heterocycles. The summed E-state index contributed by atoms with van der Waals surface area (Å²) in [4.78, 5) is 14.6. The number of halogens is 2. The Morgan fingerprint density at radius 2 is 1.96 bits per heavy atom. The minimum absolute atomic E-state index is 0.0265. The van der Waals surface area contributed by atoms with Crippen LogP contribution in [0, 0.1) is 0 Å². The molecule has 1 aromatic carbocycles. The minimum atomic E-state index is -0.0265. The molecule has 3 rings (SSSR count). The fourth-order valence-corrected chi connectivity index (χ4v) is 3.87. The Labute approximate surface area is 177 Å². The van der Waals surface area contributed by atoms with Gasteiger partial charge in [0.05, 0.1) is 15.8 Å². The molecule has 4 nitrogen and oxygen atoms in total. The van der Waals surface area contributed by atoms with E-state index in [1.807, 2.05) is 24.3 Å². The smallest absolute Gasteiger partial charge is 0.258 e. The third kappa shape index (κ3) is 6.54. The van der Waals surface area contributed by atoms with Crippen LogP contribution in [0.4, 0.5) is 0 Å². The molecular weight excluding hydrogens is 395 g/mol. The van der Waals surface area contributed by atoms with Gasteiger partial charge in [0.1, 0.15) is 0 Å². The molecule has 152 valence electrons. The fourth-order valence-electron chi connectivity index (χ4n) is 3.55. The Hall–Kier alpha value is -1.49. The fraction of sp³-hybridized carbons (Fsp3) is 0.500. The van der Waals surface area contributed by atoms with Gasteiger partial charge in [0.25, 0.3) is 5.91 Å². The SMILES string of the molecule is CC1=CC=C(OCC(=O)NC2CCN(CCc3ccc(Cl)c(Cl)c3)CC2)CC1. The van der Waals surface area contributed by atoms with Crippen LogP contribution in [0.3, 0.4) is 0 Å². The van der Waals surface area contributed by atoms with Crippen molar-refractivity contribution < 1.29 is 9.53 Å². The maximum atomic E-state index is 12.2. The number of nitrogens with one attached hydrogen (secondary N) is 1. The maximum Gasteiger partial charge on any atom is 0.258 e. The quantitative estimate of drug-likeness (QED) is 0.688. The van der Waals surface area contributed by atoms with Gasteiger partial charge in [0, 0.05) is 32.1 Å². The molecule has 1 amide bonds. The summed E-state index contributed by atoms with van der Waals surface area (Å²) in [6.45, 7) is 5.18. The first-order valence-corrected chi connectivity index (χ1v) is 10.7. The van der Waals surface area contributed by atoms with E-state index >= 15 is 0 Å². The zero-order chi connectivity index (χ0) is 19.9. The largest absolute Gasteiger partial charge is 0.488 e. The Morgan fingerprint density at radius 3 is 2.64 bits per heavy atom. The molecule has 1 aromatic rings.